The number of aromatic nitrogens is 5. The Balaban J connectivity index is 1.73. The largest absolute Gasteiger partial charge is 0.433 e. The maximum atomic E-state index is 13.4. The second kappa shape index (κ2) is 7.16. The zero-order valence-electron chi connectivity index (χ0n) is 15.7. The zero-order chi connectivity index (χ0) is 20.6. The molecule has 0 N–H and O–H groups in total. The number of hydrogen-bond donors (Lipinski definition) is 0. The molecule has 0 saturated carbocycles. The van der Waals surface area contributed by atoms with Crippen molar-refractivity contribution in [2.24, 2.45) is 7.05 Å². The van der Waals surface area contributed by atoms with Gasteiger partial charge in [0, 0.05) is 26.4 Å². The Hall–Kier alpha value is -3.49. The van der Waals surface area contributed by atoms with Gasteiger partial charge in [-0.1, -0.05) is 18.2 Å². The average Bonchev–Trinajstić information content (AvgIpc) is 3.03. The number of fused-ring (bicyclic) bond motifs is 1. The molecule has 0 unspecified atom stereocenters. The summed E-state index contributed by atoms with van der Waals surface area (Å²) in [6, 6.07) is 13.5. The van der Waals surface area contributed by atoms with Crippen molar-refractivity contribution < 1.29 is 13.2 Å². The number of aryl methyl sites for hydroxylation is 1. The molecule has 0 amide bonds. The van der Waals surface area contributed by atoms with Crippen molar-refractivity contribution >= 4 is 16.9 Å². The van der Waals surface area contributed by atoms with Crippen molar-refractivity contribution in [1.82, 2.24) is 24.5 Å². The quantitative estimate of drug-likeness (QED) is 0.518. The van der Waals surface area contributed by atoms with Crippen LogP contribution in [0.3, 0.4) is 0 Å². The molecule has 0 radical (unpaired) electrons. The minimum Gasteiger partial charge on any atom is -0.352 e. The molecule has 0 fully saturated rings. The first-order valence-corrected chi connectivity index (χ1v) is 8.82. The van der Waals surface area contributed by atoms with Gasteiger partial charge in [0.2, 0.25) is 0 Å². The summed E-state index contributed by atoms with van der Waals surface area (Å²) in [6.45, 7) is 0.279. The number of hydrogen-bond acceptors (Lipinski definition) is 5. The summed E-state index contributed by atoms with van der Waals surface area (Å²) in [4.78, 5) is 18.2. The lowest BCUT2D eigenvalue weighted by atomic mass is 10.3. The Kier molecular flexibility index (Phi) is 4.65. The van der Waals surface area contributed by atoms with E-state index in [0.717, 1.165) is 17.1 Å². The number of imidazole rings is 1. The number of alkyl halides is 3. The first-order chi connectivity index (χ1) is 13.8. The highest BCUT2D eigenvalue weighted by Gasteiger charge is 2.34. The van der Waals surface area contributed by atoms with Crippen LogP contribution in [0.2, 0.25) is 0 Å². The van der Waals surface area contributed by atoms with E-state index in [0.29, 0.717) is 5.82 Å². The molecule has 0 aliphatic heterocycles. The van der Waals surface area contributed by atoms with Crippen LogP contribution in [0.5, 0.6) is 0 Å². The van der Waals surface area contributed by atoms with E-state index in [-0.39, 0.29) is 23.9 Å². The third-order valence-corrected chi connectivity index (χ3v) is 4.55. The number of nitrogens with zero attached hydrogens (tertiary/aromatic N) is 6. The molecular formula is C20H17F3N6. The molecule has 29 heavy (non-hydrogen) atoms. The highest BCUT2D eigenvalue weighted by molar-refractivity contribution is 5.75. The van der Waals surface area contributed by atoms with Gasteiger partial charge in [-0.3, -0.25) is 4.98 Å². The second-order valence-corrected chi connectivity index (χ2v) is 6.58. The predicted octanol–water partition coefficient (Wildman–Crippen LogP) is 4.08. The van der Waals surface area contributed by atoms with Crippen LogP contribution in [0.25, 0.3) is 22.6 Å². The fourth-order valence-electron chi connectivity index (χ4n) is 3.01. The fourth-order valence-corrected chi connectivity index (χ4v) is 3.01. The third kappa shape index (κ3) is 3.75. The molecule has 4 rings (SSSR count). The lowest BCUT2D eigenvalue weighted by molar-refractivity contribution is -0.141. The summed E-state index contributed by atoms with van der Waals surface area (Å²) in [5.41, 5.74) is 1.03. The van der Waals surface area contributed by atoms with Crippen LogP contribution in [0.4, 0.5) is 19.0 Å². The fraction of sp³-hybridized carbons (Fsp3) is 0.200. The van der Waals surface area contributed by atoms with E-state index >= 15 is 0 Å². The average molecular weight is 398 g/mol. The molecule has 0 bridgehead atoms. The maximum Gasteiger partial charge on any atom is 0.433 e. The van der Waals surface area contributed by atoms with Gasteiger partial charge >= 0.3 is 6.18 Å². The molecule has 0 atom stereocenters. The van der Waals surface area contributed by atoms with E-state index in [1.54, 1.807) is 30.1 Å². The lowest BCUT2D eigenvalue weighted by Crippen LogP contribution is -2.22. The van der Waals surface area contributed by atoms with Gasteiger partial charge in [-0.15, -0.1) is 0 Å². The van der Waals surface area contributed by atoms with Crippen LogP contribution >= 0.6 is 0 Å². The summed E-state index contributed by atoms with van der Waals surface area (Å²) in [7, 11) is 3.54. The van der Waals surface area contributed by atoms with Crippen LogP contribution < -0.4 is 4.90 Å². The van der Waals surface area contributed by atoms with Gasteiger partial charge in [-0.25, -0.2) is 15.0 Å². The maximum absolute atomic E-state index is 13.4. The molecule has 3 aromatic heterocycles. The van der Waals surface area contributed by atoms with Crippen molar-refractivity contribution in [2.45, 2.75) is 12.7 Å². The van der Waals surface area contributed by atoms with E-state index in [1.165, 1.54) is 6.20 Å². The number of para-hydroxylation sites is 2. The minimum absolute atomic E-state index is 0.0766. The van der Waals surface area contributed by atoms with E-state index in [4.69, 9.17) is 0 Å². The molecular weight excluding hydrogens is 381 g/mol. The van der Waals surface area contributed by atoms with Crippen LogP contribution in [0.15, 0.2) is 54.7 Å². The molecule has 0 aliphatic carbocycles. The normalized spacial score (nSPS) is 11.8. The highest BCUT2D eigenvalue weighted by atomic mass is 19.4. The van der Waals surface area contributed by atoms with E-state index < -0.39 is 11.9 Å². The molecule has 0 spiro atoms. The first kappa shape index (κ1) is 18.9. The summed E-state index contributed by atoms with van der Waals surface area (Å²) >= 11 is 0. The Labute approximate surface area is 164 Å². The molecule has 148 valence electrons. The van der Waals surface area contributed by atoms with Gasteiger partial charge in [-0.05, 0) is 24.3 Å². The van der Waals surface area contributed by atoms with Gasteiger partial charge in [0.25, 0.3) is 0 Å². The van der Waals surface area contributed by atoms with Gasteiger partial charge in [0.15, 0.2) is 11.5 Å². The Morgan fingerprint density at radius 3 is 2.45 bits per heavy atom. The summed E-state index contributed by atoms with van der Waals surface area (Å²) in [5, 5.41) is 0. The monoisotopic (exact) mass is 398 g/mol. The number of halogens is 3. The molecule has 0 aliphatic rings. The van der Waals surface area contributed by atoms with Crippen LogP contribution in [-0.4, -0.2) is 31.6 Å². The van der Waals surface area contributed by atoms with Crippen LogP contribution in [-0.2, 0) is 19.8 Å². The Morgan fingerprint density at radius 1 is 1.00 bits per heavy atom. The van der Waals surface area contributed by atoms with E-state index in [1.807, 2.05) is 35.9 Å². The minimum atomic E-state index is -4.60. The van der Waals surface area contributed by atoms with Gasteiger partial charge in [-0.2, -0.15) is 13.2 Å². The molecule has 0 saturated heterocycles. The highest BCUT2D eigenvalue weighted by Crippen LogP contribution is 2.31. The van der Waals surface area contributed by atoms with E-state index in [2.05, 4.69) is 19.9 Å². The SMILES string of the molecule is CN(Cc1nc2ccccc2n1C)c1cc(C(F)(F)F)nc(-c2ccccn2)n1. The number of benzene rings is 1. The van der Waals surface area contributed by atoms with Crippen molar-refractivity contribution in [3.63, 3.8) is 0 Å². The van der Waals surface area contributed by atoms with Gasteiger partial charge < -0.3 is 9.47 Å². The van der Waals surface area contributed by atoms with Crippen LogP contribution in [0.1, 0.15) is 11.5 Å². The van der Waals surface area contributed by atoms with E-state index in [9.17, 15) is 13.2 Å². The van der Waals surface area contributed by atoms with Crippen molar-refractivity contribution in [1.29, 1.82) is 0 Å². The lowest BCUT2D eigenvalue weighted by Gasteiger charge is -2.20. The summed E-state index contributed by atoms with van der Waals surface area (Å²) in [5.74, 6) is 0.771. The molecule has 1 aromatic carbocycles. The molecule has 4 aromatic rings. The Morgan fingerprint density at radius 2 is 1.76 bits per heavy atom. The third-order valence-electron chi connectivity index (χ3n) is 4.55. The number of pyridine rings is 1. The molecule has 9 heteroatoms. The van der Waals surface area contributed by atoms with Crippen LogP contribution in [0, 0.1) is 0 Å². The second-order valence-electron chi connectivity index (χ2n) is 6.58. The smallest absolute Gasteiger partial charge is 0.352 e. The summed E-state index contributed by atoms with van der Waals surface area (Å²) < 4.78 is 42.1. The predicted molar refractivity (Wildman–Crippen MR) is 103 cm³/mol. The first-order valence-electron chi connectivity index (χ1n) is 8.82. The van der Waals surface area contributed by atoms with Gasteiger partial charge in [0.05, 0.1) is 17.6 Å². The zero-order valence-corrected chi connectivity index (χ0v) is 15.7. The number of anilines is 1. The number of rotatable bonds is 4. The summed E-state index contributed by atoms with van der Waals surface area (Å²) in [6.07, 6.45) is -3.11. The topological polar surface area (TPSA) is 59.7 Å². The molecule has 6 nitrogen and oxygen atoms in total. The van der Waals surface area contributed by atoms with Crippen molar-refractivity contribution in [3.05, 3.63) is 66.2 Å². The standard InChI is InChI=1S/C20H17F3N6/c1-28(12-18-25-13-7-3-4-9-15(13)29(18)2)17-11-16(20(21,22)23)26-19(27-17)14-8-5-6-10-24-14/h3-11H,12H2,1-2H3. The van der Waals surface area contributed by atoms with Crippen molar-refractivity contribution in [3.8, 4) is 11.5 Å². The Bertz CT molecular complexity index is 1150. The molecule has 3 heterocycles. The van der Waals surface area contributed by atoms with Crippen molar-refractivity contribution in [2.75, 3.05) is 11.9 Å². The van der Waals surface area contributed by atoms with Gasteiger partial charge in [0.1, 0.15) is 17.3 Å².